The third-order valence-corrected chi connectivity index (χ3v) is 5.72. The summed E-state index contributed by atoms with van der Waals surface area (Å²) in [6.45, 7) is 7.02. The van der Waals surface area contributed by atoms with Gasteiger partial charge in [0.2, 0.25) is 0 Å². The molecule has 1 fully saturated rings. The quantitative estimate of drug-likeness (QED) is 0.273. The number of nitrogens with zero attached hydrogens (tertiary/aromatic N) is 1. The Bertz CT molecular complexity index is 901. The molecular weight excluding hydrogens is 469 g/mol. The molecule has 0 saturated heterocycles. The van der Waals surface area contributed by atoms with Gasteiger partial charge in [0, 0.05) is 13.0 Å². The number of aryl methyl sites for hydroxylation is 1. The SMILES string of the molecule is C=C(CC1CC1)c1ccc(C2CN=C(/C(=C\C(=N)Br)NCCCC(F)(F)F)N2)cc1C. The van der Waals surface area contributed by atoms with Crippen molar-refractivity contribution < 1.29 is 13.2 Å². The van der Waals surface area contributed by atoms with Crippen LogP contribution in [0.2, 0.25) is 0 Å². The van der Waals surface area contributed by atoms with Crippen LogP contribution in [0.3, 0.4) is 0 Å². The van der Waals surface area contributed by atoms with Crippen LogP contribution in [0.4, 0.5) is 13.2 Å². The molecule has 1 saturated carbocycles. The van der Waals surface area contributed by atoms with E-state index in [0.717, 1.165) is 17.9 Å². The van der Waals surface area contributed by atoms with E-state index in [1.807, 2.05) is 0 Å². The molecule has 1 aliphatic heterocycles. The van der Waals surface area contributed by atoms with Gasteiger partial charge in [-0.25, -0.2) is 0 Å². The zero-order valence-electron chi connectivity index (χ0n) is 17.6. The first-order chi connectivity index (χ1) is 14.6. The normalized spacial score (nSPS) is 19.1. The van der Waals surface area contributed by atoms with Gasteiger partial charge in [-0.05, 0) is 82.8 Å². The molecule has 1 aromatic carbocycles. The molecular formula is C23H28BrF3N4. The Morgan fingerprint density at radius 3 is 2.74 bits per heavy atom. The van der Waals surface area contributed by atoms with Crippen LogP contribution in [0.5, 0.6) is 0 Å². The van der Waals surface area contributed by atoms with Gasteiger partial charge in [0.15, 0.2) is 0 Å². The van der Waals surface area contributed by atoms with Crippen LogP contribution in [0.1, 0.15) is 54.8 Å². The Kier molecular flexibility index (Phi) is 7.62. The summed E-state index contributed by atoms with van der Waals surface area (Å²) in [5.41, 5.74) is 5.19. The first-order valence-electron chi connectivity index (χ1n) is 10.5. The monoisotopic (exact) mass is 496 g/mol. The molecule has 1 aromatic rings. The van der Waals surface area contributed by atoms with Gasteiger partial charge in [-0.1, -0.05) is 24.8 Å². The molecule has 168 valence electrons. The van der Waals surface area contributed by atoms with Crippen molar-refractivity contribution in [1.82, 2.24) is 10.6 Å². The van der Waals surface area contributed by atoms with E-state index in [0.29, 0.717) is 18.1 Å². The molecule has 2 aliphatic rings. The molecule has 1 aliphatic carbocycles. The van der Waals surface area contributed by atoms with E-state index >= 15 is 0 Å². The van der Waals surface area contributed by atoms with Gasteiger partial charge in [-0.15, -0.1) is 0 Å². The summed E-state index contributed by atoms with van der Waals surface area (Å²) in [7, 11) is 0. The minimum atomic E-state index is -4.17. The summed E-state index contributed by atoms with van der Waals surface area (Å²) in [5, 5.41) is 14.0. The molecule has 1 heterocycles. The molecule has 0 aromatic heterocycles. The van der Waals surface area contributed by atoms with Gasteiger partial charge >= 0.3 is 6.18 Å². The van der Waals surface area contributed by atoms with Crippen LogP contribution >= 0.6 is 15.9 Å². The van der Waals surface area contributed by atoms with Gasteiger partial charge in [0.1, 0.15) is 5.84 Å². The zero-order chi connectivity index (χ0) is 22.6. The summed E-state index contributed by atoms with van der Waals surface area (Å²) in [4.78, 5) is 4.53. The fourth-order valence-corrected chi connectivity index (χ4v) is 3.94. The molecule has 31 heavy (non-hydrogen) atoms. The Labute approximate surface area is 189 Å². The van der Waals surface area contributed by atoms with Gasteiger partial charge < -0.3 is 10.6 Å². The van der Waals surface area contributed by atoms with Crippen LogP contribution in [0.25, 0.3) is 5.57 Å². The van der Waals surface area contributed by atoms with E-state index in [-0.39, 0.29) is 23.6 Å². The van der Waals surface area contributed by atoms with Gasteiger partial charge in [0.05, 0.1) is 22.9 Å². The summed E-state index contributed by atoms with van der Waals surface area (Å²) >= 11 is 3.07. The van der Waals surface area contributed by atoms with E-state index in [4.69, 9.17) is 5.41 Å². The predicted octanol–water partition coefficient (Wildman–Crippen LogP) is 6.04. The minimum Gasteiger partial charge on any atom is -0.382 e. The highest BCUT2D eigenvalue weighted by atomic mass is 79.9. The van der Waals surface area contributed by atoms with Gasteiger partial charge in [-0.3, -0.25) is 10.4 Å². The van der Waals surface area contributed by atoms with Crippen LogP contribution in [-0.4, -0.2) is 29.7 Å². The number of allylic oxidation sites excluding steroid dienone is 2. The highest BCUT2D eigenvalue weighted by molar-refractivity contribution is 9.18. The summed E-state index contributed by atoms with van der Waals surface area (Å²) in [5.74, 6) is 1.35. The van der Waals surface area contributed by atoms with Gasteiger partial charge in [-0.2, -0.15) is 13.2 Å². The van der Waals surface area contributed by atoms with Crippen molar-refractivity contribution in [3.8, 4) is 0 Å². The number of aliphatic imine (C=N–C) groups is 1. The van der Waals surface area contributed by atoms with Crippen molar-refractivity contribution in [1.29, 1.82) is 5.41 Å². The Hall–Kier alpha value is -2.09. The summed E-state index contributed by atoms with van der Waals surface area (Å²) in [6.07, 6.45) is 0.107. The van der Waals surface area contributed by atoms with Crippen LogP contribution in [-0.2, 0) is 0 Å². The first kappa shape index (κ1) is 23.6. The molecule has 4 nitrogen and oxygen atoms in total. The number of alkyl halides is 3. The number of rotatable bonds is 10. The fourth-order valence-electron chi connectivity index (χ4n) is 3.71. The number of benzene rings is 1. The van der Waals surface area contributed by atoms with Crippen LogP contribution < -0.4 is 10.6 Å². The molecule has 0 bridgehead atoms. The van der Waals surface area contributed by atoms with E-state index in [2.05, 4.69) is 63.3 Å². The van der Waals surface area contributed by atoms with E-state index in [9.17, 15) is 13.2 Å². The molecule has 1 unspecified atom stereocenters. The first-order valence-corrected chi connectivity index (χ1v) is 11.3. The smallest absolute Gasteiger partial charge is 0.382 e. The molecule has 3 N–H and O–H groups in total. The van der Waals surface area contributed by atoms with Crippen molar-refractivity contribution in [2.24, 2.45) is 10.9 Å². The zero-order valence-corrected chi connectivity index (χ0v) is 19.2. The van der Waals surface area contributed by atoms with Crippen LogP contribution in [0, 0.1) is 18.3 Å². The number of hydrogen-bond acceptors (Lipinski definition) is 4. The fraction of sp³-hybridized carbons (Fsp3) is 0.478. The second-order valence-electron chi connectivity index (χ2n) is 8.26. The molecule has 8 heteroatoms. The lowest BCUT2D eigenvalue weighted by molar-refractivity contribution is -0.135. The van der Waals surface area contributed by atoms with E-state index in [1.165, 1.54) is 35.6 Å². The number of hydrogen-bond donors (Lipinski definition) is 3. The second kappa shape index (κ2) is 10.0. The summed E-state index contributed by atoms with van der Waals surface area (Å²) < 4.78 is 37.3. The van der Waals surface area contributed by atoms with Crippen molar-refractivity contribution in [3.05, 3.63) is 53.2 Å². The maximum atomic E-state index is 12.4. The Balaban J connectivity index is 1.61. The topological polar surface area (TPSA) is 60.3 Å². The van der Waals surface area contributed by atoms with Crippen molar-refractivity contribution >= 4 is 32.0 Å². The maximum Gasteiger partial charge on any atom is 0.389 e. The van der Waals surface area contributed by atoms with E-state index < -0.39 is 12.6 Å². The number of nitrogens with one attached hydrogen (secondary N) is 3. The maximum absolute atomic E-state index is 12.4. The Morgan fingerprint density at radius 1 is 1.39 bits per heavy atom. The third-order valence-electron chi connectivity index (χ3n) is 5.49. The lowest BCUT2D eigenvalue weighted by atomic mass is 9.94. The third kappa shape index (κ3) is 7.23. The number of amidine groups is 1. The second-order valence-corrected chi connectivity index (χ2v) is 9.12. The molecule has 0 amide bonds. The molecule has 0 spiro atoms. The lowest BCUT2D eigenvalue weighted by Crippen LogP contribution is -2.32. The molecule has 1 atom stereocenters. The van der Waals surface area contributed by atoms with Crippen molar-refractivity contribution in [2.75, 3.05) is 13.1 Å². The largest absolute Gasteiger partial charge is 0.389 e. The van der Waals surface area contributed by atoms with Gasteiger partial charge in [0.25, 0.3) is 0 Å². The van der Waals surface area contributed by atoms with Crippen molar-refractivity contribution in [3.63, 3.8) is 0 Å². The lowest BCUT2D eigenvalue weighted by Gasteiger charge is -2.17. The van der Waals surface area contributed by atoms with Crippen LogP contribution in [0.15, 0.2) is 41.5 Å². The van der Waals surface area contributed by atoms with E-state index in [1.54, 1.807) is 0 Å². The summed E-state index contributed by atoms with van der Waals surface area (Å²) in [6, 6.07) is 6.33. The standard InChI is InChI=1S/C23H28BrF3N4/c1-14(10-16-4-5-16)18-7-6-17(11-15(18)2)20-13-30-22(31-20)19(12-21(24)28)29-9-3-8-23(25,26)27/h6-7,11-12,16,20,28-29H,1,3-5,8-10,13H2,2H3,(H,30,31)/b19-12+,28-21?. The highest BCUT2D eigenvalue weighted by Gasteiger charge is 2.27. The van der Waals surface area contributed by atoms with Crippen molar-refractivity contribution in [2.45, 2.75) is 51.2 Å². The molecule has 0 radical (unpaired) electrons. The Morgan fingerprint density at radius 2 is 2.13 bits per heavy atom. The molecule has 3 rings (SSSR count). The minimum absolute atomic E-state index is 0.0238. The average molecular weight is 497 g/mol. The predicted molar refractivity (Wildman–Crippen MR) is 124 cm³/mol. The highest BCUT2D eigenvalue weighted by Crippen LogP contribution is 2.38. The average Bonchev–Trinajstić information content (AvgIpc) is 3.34. The number of halogens is 4.